The molecule has 5 nitrogen and oxygen atoms in total. The molecule has 0 spiro atoms. The van der Waals surface area contributed by atoms with Crippen LogP contribution in [-0.4, -0.2) is 83.7 Å². The summed E-state index contributed by atoms with van der Waals surface area (Å²) in [5.41, 5.74) is 0. The van der Waals surface area contributed by atoms with E-state index in [9.17, 15) is 4.79 Å². The number of carboxylic acids is 1. The van der Waals surface area contributed by atoms with Gasteiger partial charge in [-0.1, -0.05) is 0 Å². The molecule has 102 valence electrons. The number of aliphatic carboxylic acids is 1. The van der Waals surface area contributed by atoms with E-state index in [0.717, 1.165) is 38.3 Å². The van der Waals surface area contributed by atoms with Crippen LogP contribution in [0.2, 0.25) is 0 Å². The van der Waals surface area contributed by atoms with E-state index < -0.39 is 5.97 Å². The molecule has 3 aliphatic rings. The van der Waals surface area contributed by atoms with E-state index in [4.69, 9.17) is 5.11 Å². The second kappa shape index (κ2) is 5.15. The Kier molecular flexibility index (Phi) is 3.54. The lowest BCUT2D eigenvalue weighted by atomic mass is 10.2. The van der Waals surface area contributed by atoms with Gasteiger partial charge < -0.3 is 5.11 Å². The molecule has 1 aliphatic carbocycles. The Morgan fingerprint density at radius 2 is 1.67 bits per heavy atom. The van der Waals surface area contributed by atoms with Gasteiger partial charge in [-0.15, -0.1) is 0 Å². The molecule has 1 atom stereocenters. The van der Waals surface area contributed by atoms with E-state index in [1.807, 2.05) is 4.90 Å². The van der Waals surface area contributed by atoms with Crippen LogP contribution in [-0.2, 0) is 4.79 Å². The van der Waals surface area contributed by atoms with Crippen LogP contribution in [0.25, 0.3) is 0 Å². The van der Waals surface area contributed by atoms with Gasteiger partial charge in [0.05, 0.1) is 6.54 Å². The third-order valence-corrected chi connectivity index (χ3v) is 4.54. The van der Waals surface area contributed by atoms with Gasteiger partial charge >= 0.3 is 5.97 Å². The van der Waals surface area contributed by atoms with E-state index in [0.29, 0.717) is 0 Å². The minimum absolute atomic E-state index is 0.201. The van der Waals surface area contributed by atoms with Crippen molar-refractivity contribution < 1.29 is 9.90 Å². The molecule has 2 saturated heterocycles. The number of nitrogens with zero attached hydrogens (tertiary/aromatic N) is 3. The Bertz CT molecular complexity index is 311. The lowest BCUT2D eigenvalue weighted by Gasteiger charge is -2.37. The molecule has 0 amide bonds. The summed E-state index contributed by atoms with van der Waals surface area (Å²) < 4.78 is 0. The molecule has 0 radical (unpaired) electrons. The molecule has 0 aromatic heterocycles. The number of carbonyl (C=O) groups is 1. The van der Waals surface area contributed by atoms with Gasteiger partial charge in [-0.2, -0.15) is 0 Å². The summed E-state index contributed by atoms with van der Waals surface area (Å²) in [6.07, 6.45) is 4.10. The van der Waals surface area contributed by atoms with Gasteiger partial charge in [0.15, 0.2) is 0 Å². The van der Waals surface area contributed by atoms with Crippen molar-refractivity contribution in [3.8, 4) is 0 Å². The summed E-state index contributed by atoms with van der Waals surface area (Å²) in [7, 11) is 0. The molecule has 1 unspecified atom stereocenters. The van der Waals surface area contributed by atoms with Crippen LogP contribution in [0, 0.1) is 0 Å². The summed E-state index contributed by atoms with van der Waals surface area (Å²) in [4.78, 5) is 17.9. The van der Waals surface area contributed by atoms with Crippen molar-refractivity contribution >= 4 is 5.97 Å². The number of hydrogen-bond donors (Lipinski definition) is 1. The first kappa shape index (κ1) is 12.4. The molecule has 1 saturated carbocycles. The van der Waals surface area contributed by atoms with Crippen LogP contribution in [0.3, 0.4) is 0 Å². The fourth-order valence-corrected chi connectivity index (χ4v) is 3.32. The molecule has 1 N–H and O–H groups in total. The van der Waals surface area contributed by atoms with Crippen molar-refractivity contribution in [2.75, 3.05) is 45.8 Å². The molecule has 2 aliphatic heterocycles. The standard InChI is InChI=1S/C13H23N3O2/c17-13(18)10-14-5-7-15(8-6-14)12-3-4-16(9-12)11-1-2-11/h11-12H,1-10H2,(H,17,18). The third-order valence-electron chi connectivity index (χ3n) is 4.54. The van der Waals surface area contributed by atoms with Crippen LogP contribution in [0.4, 0.5) is 0 Å². The smallest absolute Gasteiger partial charge is 0.317 e. The monoisotopic (exact) mass is 253 g/mol. The van der Waals surface area contributed by atoms with E-state index >= 15 is 0 Å². The van der Waals surface area contributed by atoms with Crippen LogP contribution < -0.4 is 0 Å². The lowest BCUT2D eigenvalue weighted by Crippen LogP contribution is -2.52. The highest BCUT2D eigenvalue weighted by Gasteiger charge is 2.37. The van der Waals surface area contributed by atoms with Crippen LogP contribution in [0.1, 0.15) is 19.3 Å². The maximum absolute atomic E-state index is 10.7. The Balaban J connectivity index is 1.43. The second-order valence-electron chi connectivity index (χ2n) is 5.87. The third kappa shape index (κ3) is 2.84. The van der Waals surface area contributed by atoms with Crippen molar-refractivity contribution in [2.24, 2.45) is 0 Å². The Morgan fingerprint density at radius 3 is 2.28 bits per heavy atom. The molecular weight excluding hydrogens is 230 g/mol. The van der Waals surface area contributed by atoms with Crippen molar-refractivity contribution in [2.45, 2.75) is 31.3 Å². The van der Waals surface area contributed by atoms with E-state index in [1.165, 1.54) is 32.4 Å². The molecular formula is C13H23N3O2. The SMILES string of the molecule is O=C(O)CN1CCN(C2CCN(C3CC3)C2)CC1. The minimum atomic E-state index is -0.704. The quantitative estimate of drug-likeness (QED) is 0.760. The normalized spacial score (nSPS) is 31.9. The largest absolute Gasteiger partial charge is 0.480 e. The van der Waals surface area contributed by atoms with Crippen molar-refractivity contribution in [1.29, 1.82) is 0 Å². The Morgan fingerprint density at radius 1 is 0.944 bits per heavy atom. The molecule has 0 aromatic carbocycles. The minimum Gasteiger partial charge on any atom is -0.480 e. The zero-order chi connectivity index (χ0) is 12.5. The predicted octanol–water partition coefficient (Wildman–Crippen LogP) is -0.0747. The van der Waals surface area contributed by atoms with Gasteiger partial charge in [0.1, 0.15) is 0 Å². The van der Waals surface area contributed by atoms with Gasteiger partial charge in [-0.3, -0.25) is 19.5 Å². The predicted molar refractivity (Wildman–Crippen MR) is 68.6 cm³/mol. The fourth-order valence-electron chi connectivity index (χ4n) is 3.32. The average Bonchev–Trinajstić information content (AvgIpc) is 3.08. The van der Waals surface area contributed by atoms with Crippen LogP contribution in [0.5, 0.6) is 0 Å². The van der Waals surface area contributed by atoms with E-state index in [1.54, 1.807) is 0 Å². The van der Waals surface area contributed by atoms with Gasteiger partial charge in [-0.25, -0.2) is 0 Å². The first-order valence-electron chi connectivity index (χ1n) is 7.14. The van der Waals surface area contributed by atoms with Gasteiger partial charge in [0.2, 0.25) is 0 Å². The van der Waals surface area contributed by atoms with Gasteiger partial charge in [-0.05, 0) is 19.3 Å². The molecule has 0 aromatic rings. The molecule has 0 bridgehead atoms. The summed E-state index contributed by atoms with van der Waals surface area (Å²) in [6, 6.07) is 1.61. The molecule has 3 rings (SSSR count). The van der Waals surface area contributed by atoms with Crippen molar-refractivity contribution in [3.63, 3.8) is 0 Å². The number of rotatable bonds is 4. The average molecular weight is 253 g/mol. The molecule has 3 fully saturated rings. The maximum Gasteiger partial charge on any atom is 0.317 e. The zero-order valence-corrected chi connectivity index (χ0v) is 10.9. The van der Waals surface area contributed by atoms with Gasteiger partial charge in [0, 0.05) is 51.4 Å². The molecule has 5 heteroatoms. The summed E-state index contributed by atoms with van der Waals surface area (Å²) in [6.45, 7) is 6.60. The molecule has 18 heavy (non-hydrogen) atoms. The number of carboxylic acid groups (broad SMARTS) is 1. The van der Waals surface area contributed by atoms with Crippen molar-refractivity contribution in [1.82, 2.24) is 14.7 Å². The Hall–Kier alpha value is -0.650. The van der Waals surface area contributed by atoms with Gasteiger partial charge in [0.25, 0.3) is 0 Å². The highest BCUT2D eigenvalue weighted by molar-refractivity contribution is 5.69. The second-order valence-corrected chi connectivity index (χ2v) is 5.87. The summed E-state index contributed by atoms with van der Waals surface area (Å²) >= 11 is 0. The van der Waals surface area contributed by atoms with Crippen LogP contribution in [0.15, 0.2) is 0 Å². The van der Waals surface area contributed by atoms with Crippen LogP contribution >= 0.6 is 0 Å². The number of piperazine rings is 1. The fraction of sp³-hybridized carbons (Fsp3) is 0.923. The van der Waals surface area contributed by atoms with Crippen molar-refractivity contribution in [3.05, 3.63) is 0 Å². The first-order valence-corrected chi connectivity index (χ1v) is 7.14. The zero-order valence-electron chi connectivity index (χ0n) is 10.9. The topological polar surface area (TPSA) is 47.0 Å². The maximum atomic E-state index is 10.7. The summed E-state index contributed by atoms with van der Waals surface area (Å²) in [5.74, 6) is -0.704. The molecule has 2 heterocycles. The highest BCUT2D eigenvalue weighted by Crippen LogP contribution is 2.31. The number of likely N-dealkylation sites (tertiary alicyclic amines) is 1. The Labute approximate surface area is 108 Å². The lowest BCUT2D eigenvalue weighted by molar-refractivity contribution is -0.138. The summed E-state index contributed by atoms with van der Waals surface area (Å²) in [5, 5.41) is 8.78. The van der Waals surface area contributed by atoms with E-state index in [-0.39, 0.29) is 6.54 Å². The van der Waals surface area contributed by atoms with E-state index in [2.05, 4.69) is 9.80 Å². The highest BCUT2D eigenvalue weighted by atomic mass is 16.4. The number of hydrogen-bond acceptors (Lipinski definition) is 4. The first-order chi connectivity index (χ1) is 8.72.